The lowest BCUT2D eigenvalue weighted by atomic mass is 10.0. The second-order valence-electron chi connectivity index (χ2n) is 3.92. The first-order valence-corrected chi connectivity index (χ1v) is 5.96. The van der Waals surface area contributed by atoms with Crippen LogP contribution in [0.25, 0.3) is 0 Å². The van der Waals surface area contributed by atoms with Crippen molar-refractivity contribution < 1.29 is 19.1 Å². The van der Waals surface area contributed by atoms with Gasteiger partial charge in [-0.05, 0) is 17.5 Å². The van der Waals surface area contributed by atoms with Crippen LogP contribution in [0.3, 0.4) is 0 Å². The molecule has 18 heavy (non-hydrogen) atoms. The zero-order valence-corrected chi connectivity index (χ0v) is 10.8. The van der Waals surface area contributed by atoms with E-state index in [0.717, 1.165) is 17.5 Å². The van der Waals surface area contributed by atoms with Crippen LogP contribution in [0.15, 0.2) is 24.3 Å². The van der Waals surface area contributed by atoms with Gasteiger partial charge in [0.2, 0.25) is 0 Å². The number of carbonyl (C=O) groups excluding carboxylic acids is 2. The van der Waals surface area contributed by atoms with Gasteiger partial charge in [-0.2, -0.15) is 0 Å². The van der Waals surface area contributed by atoms with Crippen molar-refractivity contribution in [2.75, 3.05) is 13.7 Å². The first kappa shape index (κ1) is 14.2. The van der Waals surface area contributed by atoms with Gasteiger partial charge in [-0.3, -0.25) is 9.59 Å². The van der Waals surface area contributed by atoms with Crippen LogP contribution < -0.4 is 0 Å². The minimum Gasteiger partial charge on any atom is -0.469 e. The van der Waals surface area contributed by atoms with Crippen molar-refractivity contribution in [2.45, 2.75) is 26.2 Å². The summed E-state index contributed by atoms with van der Waals surface area (Å²) in [5.74, 6) is -0.585. The van der Waals surface area contributed by atoms with Crippen LogP contribution in [0.2, 0.25) is 0 Å². The zero-order valence-electron chi connectivity index (χ0n) is 10.8. The predicted octanol–water partition coefficient (Wildman–Crippen LogP) is 1.90. The van der Waals surface area contributed by atoms with Crippen LogP contribution >= 0.6 is 0 Å². The van der Waals surface area contributed by atoms with Crippen molar-refractivity contribution in [2.24, 2.45) is 0 Å². The highest BCUT2D eigenvalue weighted by atomic mass is 16.5. The van der Waals surface area contributed by atoms with Crippen molar-refractivity contribution in [3.05, 3.63) is 35.4 Å². The van der Waals surface area contributed by atoms with Crippen molar-refractivity contribution >= 4 is 11.9 Å². The molecule has 1 rings (SSSR count). The summed E-state index contributed by atoms with van der Waals surface area (Å²) in [5, 5.41) is 0. The third-order valence-electron chi connectivity index (χ3n) is 2.48. The number of hydrogen-bond acceptors (Lipinski definition) is 4. The van der Waals surface area contributed by atoms with Gasteiger partial charge in [-0.25, -0.2) is 0 Å². The Balaban J connectivity index is 2.69. The molecule has 0 aliphatic rings. The molecule has 0 saturated heterocycles. The molecule has 4 heteroatoms. The quantitative estimate of drug-likeness (QED) is 0.723. The molecule has 1 aromatic carbocycles. The van der Waals surface area contributed by atoms with Crippen LogP contribution in [-0.4, -0.2) is 25.7 Å². The number of methoxy groups -OCH3 is 1. The molecule has 0 radical (unpaired) electrons. The molecule has 0 unspecified atom stereocenters. The van der Waals surface area contributed by atoms with Gasteiger partial charge in [-0.15, -0.1) is 0 Å². The molecule has 98 valence electrons. The fraction of sp³-hybridized carbons (Fsp3) is 0.429. The summed E-state index contributed by atoms with van der Waals surface area (Å²) in [5.41, 5.74) is 1.61. The normalized spacial score (nSPS) is 9.89. The Hall–Kier alpha value is -1.84. The largest absolute Gasteiger partial charge is 0.469 e. The average molecular weight is 250 g/mol. The number of ether oxygens (including phenoxy) is 2. The number of rotatable bonds is 6. The van der Waals surface area contributed by atoms with E-state index < -0.39 is 0 Å². The first-order valence-electron chi connectivity index (χ1n) is 5.96. The molecule has 0 saturated carbocycles. The number of benzene rings is 1. The maximum Gasteiger partial charge on any atom is 0.310 e. The summed E-state index contributed by atoms with van der Waals surface area (Å²) in [6.07, 6.45) is 1.16. The number of hydrogen-bond donors (Lipinski definition) is 0. The van der Waals surface area contributed by atoms with E-state index in [1.54, 1.807) is 0 Å². The second-order valence-corrected chi connectivity index (χ2v) is 3.92. The van der Waals surface area contributed by atoms with E-state index in [1.165, 1.54) is 7.11 Å². The highest BCUT2D eigenvalue weighted by Gasteiger charge is 2.11. The molecule has 0 amide bonds. The van der Waals surface area contributed by atoms with Crippen molar-refractivity contribution in [1.82, 2.24) is 0 Å². The van der Waals surface area contributed by atoms with Gasteiger partial charge in [0.1, 0.15) is 0 Å². The lowest BCUT2D eigenvalue weighted by Gasteiger charge is -2.08. The summed E-state index contributed by atoms with van der Waals surface area (Å²) in [7, 11) is 1.35. The van der Waals surface area contributed by atoms with E-state index in [0.29, 0.717) is 6.61 Å². The second kappa shape index (κ2) is 7.48. The van der Waals surface area contributed by atoms with Crippen molar-refractivity contribution in [3.63, 3.8) is 0 Å². The van der Waals surface area contributed by atoms with Gasteiger partial charge in [0.05, 0.1) is 26.6 Å². The smallest absolute Gasteiger partial charge is 0.310 e. The van der Waals surface area contributed by atoms with Gasteiger partial charge >= 0.3 is 11.9 Å². The maximum atomic E-state index is 11.5. The highest BCUT2D eigenvalue weighted by Crippen LogP contribution is 2.11. The molecule has 0 fully saturated rings. The first-order chi connectivity index (χ1) is 8.67. The van der Waals surface area contributed by atoms with Crippen molar-refractivity contribution in [1.29, 1.82) is 0 Å². The Morgan fingerprint density at radius 1 is 1.06 bits per heavy atom. The summed E-state index contributed by atoms with van der Waals surface area (Å²) in [4.78, 5) is 22.8. The van der Waals surface area contributed by atoms with Gasteiger partial charge < -0.3 is 9.47 Å². The van der Waals surface area contributed by atoms with Crippen LogP contribution in [0.5, 0.6) is 0 Å². The third kappa shape index (κ3) is 4.57. The van der Waals surface area contributed by atoms with Crippen LogP contribution in [0, 0.1) is 0 Å². The molecule has 0 N–H and O–H groups in total. The fourth-order valence-electron chi connectivity index (χ4n) is 1.55. The minimum atomic E-state index is -0.315. The highest BCUT2D eigenvalue weighted by molar-refractivity contribution is 5.76. The lowest BCUT2D eigenvalue weighted by Crippen LogP contribution is -2.12. The molecule has 0 atom stereocenters. The molecule has 0 aromatic heterocycles. The predicted molar refractivity (Wildman–Crippen MR) is 67.1 cm³/mol. The molecule has 0 aliphatic heterocycles. The van der Waals surface area contributed by atoms with Gasteiger partial charge in [0, 0.05) is 0 Å². The maximum absolute atomic E-state index is 11.5. The van der Waals surface area contributed by atoms with E-state index in [1.807, 2.05) is 31.2 Å². The average Bonchev–Trinajstić information content (AvgIpc) is 2.38. The standard InChI is InChI=1S/C14H18O4/c1-3-8-18-14(16)10-12-7-5-4-6-11(12)9-13(15)17-2/h4-7H,3,8-10H2,1-2H3. The van der Waals surface area contributed by atoms with Gasteiger partial charge in [0.15, 0.2) is 0 Å². The Morgan fingerprint density at radius 3 is 2.11 bits per heavy atom. The van der Waals surface area contributed by atoms with Crippen LogP contribution in [0.1, 0.15) is 24.5 Å². The Morgan fingerprint density at radius 2 is 1.61 bits per heavy atom. The Labute approximate surface area is 107 Å². The summed E-state index contributed by atoms with van der Waals surface area (Å²) >= 11 is 0. The molecule has 4 nitrogen and oxygen atoms in total. The number of esters is 2. The van der Waals surface area contributed by atoms with E-state index in [9.17, 15) is 9.59 Å². The Kier molecular flexibility index (Phi) is 5.91. The minimum absolute atomic E-state index is 0.174. The van der Waals surface area contributed by atoms with Crippen LogP contribution in [0.4, 0.5) is 0 Å². The van der Waals surface area contributed by atoms with E-state index in [2.05, 4.69) is 4.74 Å². The molecule has 0 aliphatic carbocycles. The van der Waals surface area contributed by atoms with Gasteiger partial charge in [-0.1, -0.05) is 31.2 Å². The fourth-order valence-corrected chi connectivity index (χ4v) is 1.55. The lowest BCUT2D eigenvalue weighted by molar-refractivity contribution is -0.143. The van der Waals surface area contributed by atoms with E-state index in [4.69, 9.17) is 4.74 Å². The van der Waals surface area contributed by atoms with E-state index >= 15 is 0 Å². The monoisotopic (exact) mass is 250 g/mol. The SMILES string of the molecule is CCCOC(=O)Cc1ccccc1CC(=O)OC. The molecule has 0 heterocycles. The third-order valence-corrected chi connectivity index (χ3v) is 2.48. The Bertz CT molecular complexity index is 412. The van der Waals surface area contributed by atoms with Gasteiger partial charge in [0.25, 0.3) is 0 Å². The zero-order chi connectivity index (χ0) is 13.4. The van der Waals surface area contributed by atoms with E-state index in [-0.39, 0.29) is 24.8 Å². The van der Waals surface area contributed by atoms with Crippen molar-refractivity contribution in [3.8, 4) is 0 Å². The molecule has 0 spiro atoms. The summed E-state index contributed by atoms with van der Waals surface area (Å²) in [6.45, 7) is 2.37. The summed E-state index contributed by atoms with van der Waals surface area (Å²) in [6, 6.07) is 7.31. The molecular formula is C14H18O4. The summed E-state index contributed by atoms with van der Waals surface area (Å²) < 4.78 is 9.65. The number of carbonyl (C=O) groups is 2. The molecule has 1 aromatic rings. The van der Waals surface area contributed by atoms with Crippen LogP contribution in [-0.2, 0) is 31.9 Å². The molecular weight excluding hydrogens is 232 g/mol. The topological polar surface area (TPSA) is 52.6 Å². The molecule has 0 bridgehead atoms.